The summed E-state index contributed by atoms with van der Waals surface area (Å²) in [6, 6.07) is 2.07. The van der Waals surface area contributed by atoms with Crippen LogP contribution in [0.3, 0.4) is 0 Å². The number of anilines is 1. The minimum absolute atomic E-state index is 0.00796. The van der Waals surface area contributed by atoms with Crippen LogP contribution in [0, 0.1) is 0 Å². The zero-order chi connectivity index (χ0) is 12.0. The van der Waals surface area contributed by atoms with E-state index in [-0.39, 0.29) is 11.3 Å². The van der Waals surface area contributed by atoms with E-state index in [0.717, 1.165) is 16.8 Å². The highest BCUT2D eigenvalue weighted by Gasteiger charge is 2.45. The average molecular weight is 285 g/mol. The Labute approximate surface area is 105 Å². The van der Waals surface area contributed by atoms with Gasteiger partial charge < -0.3 is 9.64 Å². The van der Waals surface area contributed by atoms with E-state index in [1.807, 2.05) is 6.20 Å². The number of halogens is 1. The summed E-state index contributed by atoms with van der Waals surface area (Å²) in [5.74, 6) is 0. The predicted octanol–water partition coefficient (Wildman–Crippen LogP) is 3.20. The van der Waals surface area contributed by atoms with Crippen LogP contribution < -0.4 is 4.90 Å². The lowest BCUT2D eigenvalue weighted by molar-refractivity contribution is 0.0358. The van der Waals surface area contributed by atoms with Crippen molar-refractivity contribution in [2.75, 3.05) is 11.5 Å². The van der Waals surface area contributed by atoms with Crippen molar-refractivity contribution in [3.8, 4) is 0 Å². The first-order chi connectivity index (χ1) is 7.33. The van der Waals surface area contributed by atoms with Gasteiger partial charge in [0.15, 0.2) is 0 Å². The molecule has 1 aromatic rings. The van der Waals surface area contributed by atoms with E-state index in [1.54, 1.807) is 6.20 Å². The van der Waals surface area contributed by atoms with E-state index in [2.05, 4.69) is 59.6 Å². The average Bonchev–Trinajstić information content (AvgIpc) is 2.35. The minimum Gasteiger partial charge on any atom is -0.354 e. The van der Waals surface area contributed by atoms with Gasteiger partial charge in [-0.05, 0) is 49.7 Å². The normalized spacial score (nSPS) is 22.4. The Kier molecular flexibility index (Phi) is 2.75. The Bertz CT molecular complexity index is 388. The highest BCUT2D eigenvalue weighted by Crippen LogP contribution is 2.39. The summed E-state index contributed by atoms with van der Waals surface area (Å²) in [6.07, 6.45) is 3.67. The minimum atomic E-state index is -0.286. The van der Waals surface area contributed by atoms with Crippen LogP contribution in [-0.4, -0.2) is 22.9 Å². The maximum absolute atomic E-state index is 5.85. The van der Waals surface area contributed by atoms with Gasteiger partial charge in [-0.1, -0.05) is 0 Å². The van der Waals surface area contributed by atoms with Crippen LogP contribution in [-0.2, 0) is 4.74 Å². The van der Waals surface area contributed by atoms with Crippen molar-refractivity contribution in [1.29, 1.82) is 0 Å². The van der Waals surface area contributed by atoms with Gasteiger partial charge in [0.05, 0.1) is 24.0 Å². The third-order valence-corrected chi connectivity index (χ3v) is 3.30. The summed E-state index contributed by atoms with van der Waals surface area (Å²) < 4.78 is 6.83. The molecule has 0 bridgehead atoms. The number of nitrogens with zero attached hydrogens (tertiary/aromatic N) is 2. The third kappa shape index (κ3) is 1.96. The molecule has 2 rings (SSSR count). The molecule has 1 aromatic heterocycles. The van der Waals surface area contributed by atoms with Crippen LogP contribution in [0.4, 0.5) is 5.69 Å². The first-order valence-corrected chi connectivity index (χ1v) is 6.17. The summed E-state index contributed by atoms with van der Waals surface area (Å²) >= 11 is 3.45. The van der Waals surface area contributed by atoms with Crippen molar-refractivity contribution >= 4 is 21.6 Å². The Morgan fingerprint density at radius 3 is 2.50 bits per heavy atom. The molecule has 0 N–H and O–H groups in total. The van der Waals surface area contributed by atoms with Gasteiger partial charge in [0.1, 0.15) is 5.72 Å². The van der Waals surface area contributed by atoms with E-state index in [9.17, 15) is 0 Å². The molecule has 16 heavy (non-hydrogen) atoms. The van der Waals surface area contributed by atoms with Gasteiger partial charge in [0, 0.05) is 10.7 Å². The molecule has 0 unspecified atom stereocenters. The summed E-state index contributed by atoms with van der Waals surface area (Å²) in [5, 5.41) is 0. The molecule has 1 saturated heterocycles. The van der Waals surface area contributed by atoms with Crippen LogP contribution in [0.15, 0.2) is 22.9 Å². The highest BCUT2D eigenvalue weighted by molar-refractivity contribution is 9.10. The quantitative estimate of drug-likeness (QED) is 0.792. The first kappa shape index (κ1) is 11.9. The molecule has 4 heteroatoms. The molecule has 0 atom stereocenters. The van der Waals surface area contributed by atoms with Gasteiger partial charge in [-0.3, -0.25) is 4.98 Å². The summed E-state index contributed by atoms with van der Waals surface area (Å²) in [7, 11) is 0. The monoisotopic (exact) mass is 284 g/mol. The second kappa shape index (κ2) is 3.70. The Balaban J connectivity index is 2.45. The number of hydrogen-bond donors (Lipinski definition) is 0. The molecular weight excluding hydrogens is 268 g/mol. The van der Waals surface area contributed by atoms with Gasteiger partial charge in [0.2, 0.25) is 0 Å². The van der Waals surface area contributed by atoms with Crippen molar-refractivity contribution in [1.82, 2.24) is 4.98 Å². The molecule has 1 aliphatic rings. The summed E-state index contributed by atoms with van der Waals surface area (Å²) in [6.45, 7) is 9.27. The third-order valence-electron chi connectivity index (χ3n) is 2.87. The molecule has 0 saturated carbocycles. The molecule has 0 radical (unpaired) electrons. The SMILES string of the molecule is CC1(C)COC(C)(C)N1c1cncc(Br)c1. The Morgan fingerprint density at radius 2 is 2.00 bits per heavy atom. The van der Waals surface area contributed by atoms with Crippen LogP contribution in [0.1, 0.15) is 27.7 Å². The van der Waals surface area contributed by atoms with E-state index >= 15 is 0 Å². The standard InChI is InChI=1S/C12H17BrN2O/c1-11(2)8-16-12(3,4)15(11)10-5-9(13)6-14-7-10/h5-7H,8H2,1-4H3. The number of pyridine rings is 1. The Hall–Kier alpha value is -0.610. The molecule has 1 aliphatic heterocycles. The fourth-order valence-electron chi connectivity index (χ4n) is 2.39. The van der Waals surface area contributed by atoms with E-state index in [4.69, 9.17) is 4.74 Å². The number of hydrogen-bond acceptors (Lipinski definition) is 3. The summed E-state index contributed by atoms with van der Waals surface area (Å²) in [4.78, 5) is 6.49. The molecule has 0 aromatic carbocycles. The van der Waals surface area contributed by atoms with Gasteiger partial charge >= 0.3 is 0 Å². The van der Waals surface area contributed by atoms with Crippen LogP contribution >= 0.6 is 15.9 Å². The molecule has 2 heterocycles. The smallest absolute Gasteiger partial charge is 0.136 e. The number of aromatic nitrogens is 1. The maximum atomic E-state index is 5.85. The van der Waals surface area contributed by atoms with Crippen LogP contribution in [0.25, 0.3) is 0 Å². The van der Waals surface area contributed by atoms with Gasteiger partial charge in [-0.2, -0.15) is 0 Å². The van der Waals surface area contributed by atoms with Crippen molar-refractivity contribution in [3.05, 3.63) is 22.9 Å². The van der Waals surface area contributed by atoms with Gasteiger partial charge in [-0.15, -0.1) is 0 Å². The maximum Gasteiger partial charge on any atom is 0.136 e. The Morgan fingerprint density at radius 1 is 1.31 bits per heavy atom. The lowest BCUT2D eigenvalue weighted by atomic mass is 10.0. The fraction of sp³-hybridized carbons (Fsp3) is 0.583. The van der Waals surface area contributed by atoms with Gasteiger partial charge in [-0.25, -0.2) is 0 Å². The van der Waals surface area contributed by atoms with Crippen molar-refractivity contribution in [3.63, 3.8) is 0 Å². The second-order valence-electron chi connectivity index (χ2n) is 5.24. The topological polar surface area (TPSA) is 25.4 Å². The molecule has 0 amide bonds. The molecule has 1 fully saturated rings. The van der Waals surface area contributed by atoms with E-state index < -0.39 is 0 Å². The molecular formula is C12H17BrN2O. The van der Waals surface area contributed by atoms with Crippen LogP contribution in [0.2, 0.25) is 0 Å². The number of ether oxygens (including phenoxy) is 1. The zero-order valence-electron chi connectivity index (χ0n) is 10.1. The number of rotatable bonds is 1. The fourth-order valence-corrected chi connectivity index (χ4v) is 2.75. The lowest BCUT2D eigenvalue weighted by Gasteiger charge is -2.39. The van der Waals surface area contributed by atoms with Crippen molar-refractivity contribution in [2.45, 2.75) is 39.0 Å². The van der Waals surface area contributed by atoms with E-state index in [0.29, 0.717) is 0 Å². The molecule has 3 nitrogen and oxygen atoms in total. The van der Waals surface area contributed by atoms with Crippen molar-refractivity contribution in [2.24, 2.45) is 0 Å². The zero-order valence-corrected chi connectivity index (χ0v) is 11.7. The largest absolute Gasteiger partial charge is 0.354 e. The second-order valence-corrected chi connectivity index (χ2v) is 6.16. The first-order valence-electron chi connectivity index (χ1n) is 5.38. The molecule has 0 aliphatic carbocycles. The molecule has 0 spiro atoms. The highest BCUT2D eigenvalue weighted by atomic mass is 79.9. The van der Waals surface area contributed by atoms with Gasteiger partial charge in [0.25, 0.3) is 0 Å². The van der Waals surface area contributed by atoms with Crippen LogP contribution in [0.5, 0.6) is 0 Å². The van der Waals surface area contributed by atoms with E-state index in [1.165, 1.54) is 0 Å². The van der Waals surface area contributed by atoms with Crippen molar-refractivity contribution < 1.29 is 4.74 Å². The molecule has 88 valence electrons. The summed E-state index contributed by atoms with van der Waals surface area (Å²) in [5.41, 5.74) is 0.791. The predicted molar refractivity (Wildman–Crippen MR) is 68.5 cm³/mol. The lowest BCUT2D eigenvalue weighted by Crippen LogP contribution is -2.49.